The van der Waals surface area contributed by atoms with Gasteiger partial charge in [-0.3, -0.25) is 14.8 Å². The lowest BCUT2D eigenvalue weighted by molar-refractivity contribution is -0.136. The maximum Gasteiger partial charge on any atom is 0.307 e. The van der Waals surface area contributed by atoms with Crippen LogP contribution in [0.15, 0.2) is 48.8 Å². The zero-order valence-electron chi connectivity index (χ0n) is 23.0. The van der Waals surface area contributed by atoms with Crippen molar-refractivity contribution in [1.82, 2.24) is 9.97 Å². The first kappa shape index (κ1) is 27.4. The molecule has 0 bridgehead atoms. The molecule has 1 fully saturated rings. The molecule has 202 valence electrons. The first-order chi connectivity index (χ1) is 18.3. The lowest BCUT2D eigenvalue weighted by atomic mass is 9.82. The molecule has 0 unspecified atom stereocenters. The molecule has 38 heavy (non-hydrogen) atoms. The molecule has 0 aliphatic carbocycles. The van der Waals surface area contributed by atoms with Gasteiger partial charge in [0.05, 0.1) is 37.2 Å². The number of ether oxygens (including phenoxy) is 2. The molecule has 0 amide bonds. The third-order valence-corrected chi connectivity index (χ3v) is 7.19. The van der Waals surface area contributed by atoms with Crippen LogP contribution in [-0.4, -0.2) is 47.3 Å². The van der Waals surface area contributed by atoms with E-state index in [1.165, 1.54) is 5.56 Å². The number of aromatic nitrogens is 2. The first-order valence-electron chi connectivity index (χ1n) is 13.5. The molecule has 1 aliphatic heterocycles. The Balaban J connectivity index is 1.48. The number of piperidine rings is 1. The van der Waals surface area contributed by atoms with Gasteiger partial charge in [0.25, 0.3) is 0 Å². The van der Waals surface area contributed by atoms with E-state index in [2.05, 4.69) is 42.8 Å². The molecule has 3 aromatic rings. The van der Waals surface area contributed by atoms with Gasteiger partial charge >= 0.3 is 5.97 Å². The highest BCUT2D eigenvalue weighted by Crippen LogP contribution is 2.39. The third kappa shape index (κ3) is 7.03. The zero-order valence-corrected chi connectivity index (χ0v) is 23.0. The van der Waals surface area contributed by atoms with Crippen molar-refractivity contribution < 1.29 is 19.4 Å². The molecule has 7 nitrogen and oxygen atoms in total. The van der Waals surface area contributed by atoms with Crippen LogP contribution in [0.1, 0.15) is 56.9 Å². The second-order valence-electron chi connectivity index (χ2n) is 10.8. The van der Waals surface area contributed by atoms with Crippen molar-refractivity contribution in [3.8, 4) is 22.8 Å². The summed E-state index contributed by atoms with van der Waals surface area (Å²) in [5.74, 6) is 0.732. The summed E-state index contributed by atoms with van der Waals surface area (Å²) in [7, 11) is 0. The molecule has 3 heterocycles. The van der Waals surface area contributed by atoms with Gasteiger partial charge in [0.15, 0.2) is 0 Å². The number of aryl methyl sites for hydroxylation is 1. The molecular weight excluding hydrogens is 478 g/mol. The van der Waals surface area contributed by atoms with E-state index >= 15 is 0 Å². The van der Waals surface area contributed by atoms with Gasteiger partial charge in [-0.2, -0.15) is 0 Å². The predicted molar refractivity (Wildman–Crippen MR) is 150 cm³/mol. The standard InChI is InChI=1S/C31H39N3O4/c1-5-17-37-24-8-6-23(7-9-24)12-18-38-25-10-11-28(33-20-25)27-21-32-22(2)26(19-29(35)36)30(27)34-15-13-31(3,4)14-16-34/h6-11,20-21H,5,12-19H2,1-4H3,(H,35,36). The molecular formula is C31H39N3O4. The van der Waals surface area contributed by atoms with Gasteiger partial charge in [-0.05, 0) is 61.4 Å². The normalized spacial score (nSPS) is 14.8. The summed E-state index contributed by atoms with van der Waals surface area (Å²) < 4.78 is 11.6. The fraction of sp³-hybridized carbons (Fsp3) is 0.452. The molecule has 0 saturated carbocycles. The number of aliphatic carboxylic acids is 1. The van der Waals surface area contributed by atoms with Crippen molar-refractivity contribution >= 4 is 11.7 Å². The lowest BCUT2D eigenvalue weighted by Crippen LogP contribution is -2.38. The maximum atomic E-state index is 11.7. The lowest BCUT2D eigenvalue weighted by Gasteiger charge is -2.40. The molecule has 0 radical (unpaired) electrons. The number of pyridine rings is 2. The summed E-state index contributed by atoms with van der Waals surface area (Å²) in [5.41, 5.74) is 5.56. The number of rotatable bonds is 11. The monoisotopic (exact) mass is 517 g/mol. The molecule has 0 spiro atoms. The quantitative estimate of drug-likeness (QED) is 0.328. The van der Waals surface area contributed by atoms with Crippen LogP contribution in [0.5, 0.6) is 11.5 Å². The van der Waals surface area contributed by atoms with Crippen molar-refractivity contribution in [1.29, 1.82) is 0 Å². The Morgan fingerprint density at radius 2 is 1.66 bits per heavy atom. The highest BCUT2D eigenvalue weighted by atomic mass is 16.5. The largest absolute Gasteiger partial charge is 0.494 e. The van der Waals surface area contributed by atoms with E-state index in [9.17, 15) is 9.90 Å². The van der Waals surface area contributed by atoms with Gasteiger partial charge in [-0.15, -0.1) is 0 Å². The Morgan fingerprint density at radius 3 is 2.29 bits per heavy atom. The number of carboxylic acids is 1. The van der Waals surface area contributed by atoms with Crippen LogP contribution in [0.3, 0.4) is 0 Å². The summed E-state index contributed by atoms with van der Waals surface area (Å²) in [6.07, 6.45) is 7.37. The van der Waals surface area contributed by atoms with Crippen LogP contribution in [0, 0.1) is 12.3 Å². The summed E-state index contributed by atoms with van der Waals surface area (Å²) >= 11 is 0. The minimum absolute atomic E-state index is 0.0607. The smallest absolute Gasteiger partial charge is 0.307 e. The first-order valence-corrected chi connectivity index (χ1v) is 13.5. The Kier molecular flexibility index (Phi) is 8.87. The molecule has 1 saturated heterocycles. The minimum Gasteiger partial charge on any atom is -0.494 e. The number of hydrogen-bond acceptors (Lipinski definition) is 6. The van der Waals surface area contributed by atoms with Crippen LogP contribution in [-0.2, 0) is 17.6 Å². The van der Waals surface area contributed by atoms with Gasteiger partial charge in [0, 0.05) is 42.5 Å². The van der Waals surface area contributed by atoms with Crippen molar-refractivity contribution in [3.05, 3.63) is 65.6 Å². The van der Waals surface area contributed by atoms with Crippen molar-refractivity contribution in [2.45, 2.75) is 59.8 Å². The predicted octanol–water partition coefficient (Wildman–Crippen LogP) is 6.12. The van der Waals surface area contributed by atoms with Crippen LogP contribution in [0.2, 0.25) is 0 Å². The zero-order chi connectivity index (χ0) is 27.1. The number of anilines is 1. The molecule has 7 heteroatoms. The molecule has 1 aliphatic rings. The van der Waals surface area contributed by atoms with E-state index in [-0.39, 0.29) is 11.8 Å². The summed E-state index contributed by atoms with van der Waals surface area (Å²) in [6, 6.07) is 12.0. The molecule has 4 rings (SSSR count). The van der Waals surface area contributed by atoms with E-state index in [4.69, 9.17) is 14.5 Å². The van der Waals surface area contributed by atoms with Gasteiger partial charge in [0.1, 0.15) is 11.5 Å². The van der Waals surface area contributed by atoms with Crippen LogP contribution in [0.4, 0.5) is 5.69 Å². The van der Waals surface area contributed by atoms with Gasteiger partial charge in [0.2, 0.25) is 0 Å². The third-order valence-electron chi connectivity index (χ3n) is 7.19. The fourth-order valence-corrected chi connectivity index (χ4v) is 4.77. The average molecular weight is 518 g/mol. The Hall–Kier alpha value is -3.61. The van der Waals surface area contributed by atoms with Gasteiger partial charge in [-0.25, -0.2) is 0 Å². The van der Waals surface area contributed by atoms with Crippen molar-refractivity contribution in [2.24, 2.45) is 5.41 Å². The van der Waals surface area contributed by atoms with Crippen molar-refractivity contribution in [2.75, 3.05) is 31.2 Å². The molecule has 2 aromatic heterocycles. The second kappa shape index (κ2) is 12.3. The number of nitrogens with zero attached hydrogens (tertiary/aromatic N) is 3. The van der Waals surface area contributed by atoms with Crippen molar-refractivity contribution in [3.63, 3.8) is 0 Å². The molecule has 1 N–H and O–H groups in total. The second-order valence-corrected chi connectivity index (χ2v) is 10.8. The highest BCUT2D eigenvalue weighted by molar-refractivity contribution is 5.83. The number of hydrogen-bond donors (Lipinski definition) is 1. The number of benzene rings is 1. The van der Waals surface area contributed by atoms with E-state index in [0.717, 1.165) is 79.3 Å². The van der Waals surface area contributed by atoms with E-state index in [1.807, 2.05) is 37.4 Å². The average Bonchev–Trinajstić information content (AvgIpc) is 2.90. The van der Waals surface area contributed by atoms with E-state index < -0.39 is 5.97 Å². The number of carboxylic acid groups (broad SMARTS) is 1. The fourth-order valence-electron chi connectivity index (χ4n) is 4.77. The Bertz CT molecular complexity index is 1210. The van der Waals surface area contributed by atoms with Crippen LogP contribution < -0.4 is 14.4 Å². The molecule has 1 aromatic carbocycles. The summed E-state index contributed by atoms with van der Waals surface area (Å²) in [6.45, 7) is 11.6. The van der Waals surface area contributed by atoms with Gasteiger partial charge < -0.3 is 19.5 Å². The molecule has 0 atom stereocenters. The Morgan fingerprint density at radius 1 is 0.974 bits per heavy atom. The topological polar surface area (TPSA) is 84.8 Å². The Labute approximate surface area is 225 Å². The minimum atomic E-state index is -0.856. The van der Waals surface area contributed by atoms with E-state index in [1.54, 1.807) is 6.20 Å². The van der Waals surface area contributed by atoms with Crippen LogP contribution in [0.25, 0.3) is 11.3 Å². The maximum absolute atomic E-state index is 11.7. The van der Waals surface area contributed by atoms with Gasteiger partial charge in [-0.1, -0.05) is 32.9 Å². The SMILES string of the molecule is CCCOc1ccc(CCOc2ccc(-c3cnc(C)c(CC(=O)O)c3N3CCC(C)(C)CC3)nc2)cc1. The van der Waals surface area contributed by atoms with E-state index in [0.29, 0.717) is 12.4 Å². The van der Waals surface area contributed by atoms with Crippen LogP contribution >= 0.6 is 0 Å². The summed E-state index contributed by atoms with van der Waals surface area (Å²) in [5, 5.41) is 9.62. The number of carbonyl (C=O) groups is 1. The summed E-state index contributed by atoms with van der Waals surface area (Å²) in [4.78, 5) is 23.3. The highest BCUT2D eigenvalue weighted by Gasteiger charge is 2.29.